The number of hydrogen-bond donors (Lipinski definition) is 0. The van der Waals surface area contributed by atoms with Gasteiger partial charge in [-0.15, -0.1) is 0 Å². The summed E-state index contributed by atoms with van der Waals surface area (Å²) in [6.07, 6.45) is 0.780. The van der Waals surface area contributed by atoms with Crippen LogP contribution in [-0.4, -0.2) is 143 Å². The summed E-state index contributed by atoms with van der Waals surface area (Å²) in [5, 5.41) is -0.0383. The van der Waals surface area contributed by atoms with E-state index in [4.69, 9.17) is 32.5 Å². The van der Waals surface area contributed by atoms with E-state index >= 15 is 0 Å². The Morgan fingerprint density at radius 1 is 0.606 bits per heavy atom. The highest BCUT2D eigenvalue weighted by molar-refractivity contribution is 6.76. The molecular formula is C48H76N4O11Si3. The molecule has 0 spiro atoms. The van der Waals surface area contributed by atoms with Gasteiger partial charge in [0.15, 0.2) is 39.6 Å². The lowest BCUT2D eigenvalue weighted by molar-refractivity contribution is -0.123. The number of ether oxygens (including phenoxy) is 5. The van der Waals surface area contributed by atoms with Crippen molar-refractivity contribution in [3.8, 4) is 23.0 Å². The van der Waals surface area contributed by atoms with E-state index in [1.54, 1.807) is 46.0 Å². The molecule has 2 aromatic carbocycles. The monoisotopic (exact) mass is 968 g/mol. The number of carbonyl (C=O) groups excluding carboxylic acids is 4. The zero-order valence-electron chi connectivity index (χ0n) is 42.5. The summed E-state index contributed by atoms with van der Waals surface area (Å²) in [6, 6.07) is 6.28. The second kappa shape index (κ2) is 19.2. The Hall–Kier alpha value is -3.95. The first-order valence-corrected chi connectivity index (χ1v) is 33.0. The average molecular weight is 969 g/mol. The molecule has 366 valence electrons. The lowest BCUT2D eigenvalue weighted by Crippen LogP contribution is -2.45. The summed E-state index contributed by atoms with van der Waals surface area (Å²) in [5.41, 5.74) is 1.54. The van der Waals surface area contributed by atoms with Crippen LogP contribution in [0.4, 0.5) is 11.4 Å². The molecule has 18 heteroatoms. The summed E-state index contributed by atoms with van der Waals surface area (Å²) in [6.45, 7) is 30.2. The summed E-state index contributed by atoms with van der Waals surface area (Å²) < 4.78 is 43.7. The predicted octanol–water partition coefficient (Wildman–Crippen LogP) is 8.40. The standard InChI is InChI=1S/C48H76N4O11Si3/c1-47(2,3)65(13,14)62-31-22-37-45(55)49(7)35-26-41(39(57-8)24-33(35)43(53)50(37)28-31)60-18-17-19-61-42-27-36-34(25-40(42)58-9)44(54)51-29-32(63-66(15,16)48(4,5)6)23-38(51)46(56)52(36)30-59-20-21-64(10,11)12/h24-27,31-32,37-38H,17-23,28-30H2,1-16H3/t31?,32?,37-,38-/m0/s1. The van der Waals surface area contributed by atoms with E-state index in [1.165, 1.54) is 19.1 Å². The SMILES string of the molecule is COc1cc2c(cc1OCCCOc1cc3c(cc1OC)C(=O)N1CC(O[Si](C)(C)C(C)(C)C)C[C@H]1C(=O)N3COCC[Si](C)(C)C)N(C)C(=O)[C@@H]1CC(O[Si](C)(C)C(C)(C)C)CN1C2=O. The number of anilines is 2. The van der Waals surface area contributed by atoms with Crippen molar-refractivity contribution in [1.82, 2.24) is 9.80 Å². The molecule has 4 heterocycles. The molecule has 2 fully saturated rings. The third-order valence-corrected chi connectivity index (χ3v) is 25.2. The minimum atomic E-state index is -2.19. The molecule has 4 aliphatic rings. The normalized spacial score (nSPS) is 21.6. The maximum atomic E-state index is 14.6. The average Bonchev–Trinajstić information content (AvgIpc) is 3.81. The maximum absolute atomic E-state index is 14.6. The van der Waals surface area contributed by atoms with Crippen LogP contribution < -0.4 is 28.7 Å². The molecule has 2 unspecified atom stereocenters. The van der Waals surface area contributed by atoms with E-state index < -0.39 is 36.8 Å². The molecule has 0 aromatic heterocycles. The van der Waals surface area contributed by atoms with E-state index in [2.05, 4.69) is 87.4 Å². The Kier molecular flexibility index (Phi) is 15.0. The Morgan fingerprint density at radius 3 is 1.48 bits per heavy atom. The Bertz CT molecular complexity index is 2170. The van der Waals surface area contributed by atoms with Crippen molar-refractivity contribution in [1.29, 1.82) is 0 Å². The molecule has 4 amide bonds. The quantitative estimate of drug-likeness (QED) is 0.111. The molecule has 66 heavy (non-hydrogen) atoms. The lowest BCUT2D eigenvalue weighted by atomic mass is 10.1. The fourth-order valence-electron chi connectivity index (χ4n) is 8.40. The highest BCUT2D eigenvalue weighted by atomic mass is 28.4. The van der Waals surface area contributed by atoms with Gasteiger partial charge in [0.1, 0.15) is 18.8 Å². The van der Waals surface area contributed by atoms with Gasteiger partial charge < -0.3 is 47.2 Å². The van der Waals surface area contributed by atoms with Crippen molar-refractivity contribution in [3.63, 3.8) is 0 Å². The van der Waals surface area contributed by atoms with Crippen LogP contribution >= 0.6 is 0 Å². The van der Waals surface area contributed by atoms with Crippen molar-refractivity contribution in [2.75, 3.05) is 70.7 Å². The number of hydrogen-bond acceptors (Lipinski definition) is 11. The smallest absolute Gasteiger partial charge is 0.256 e. The molecule has 6 rings (SSSR count). The Morgan fingerprint density at radius 2 is 1.05 bits per heavy atom. The van der Waals surface area contributed by atoms with Gasteiger partial charge in [-0.2, -0.15) is 0 Å². The van der Waals surface area contributed by atoms with E-state index in [9.17, 15) is 19.2 Å². The molecule has 4 aliphatic heterocycles. The van der Waals surface area contributed by atoms with Crippen LogP contribution in [0.2, 0.25) is 61.9 Å². The zero-order valence-corrected chi connectivity index (χ0v) is 45.5. The van der Waals surface area contributed by atoms with E-state index in [1.807, 2.05) is 0 Å². The van der Waals surface area contributed by atoms with E-state index in [-0.39, 0.29) is 65.9 Å². The maximum Gasteiger partial charge on any atom is 0.256 e. The third-order valence-electron chi connectivity index (χ3n) is 14.4. The van der Waals surface area contributed by atoms with Crippen molar-refractivity contribution >= 4 is 59.7 Å². The van der Waals surface area contributed by atoms with Crippen LogP contribution in [0.3, 0.4) is 0 Å². The molecule has 2 saturated heterocycles. The van der Waals surface area contributed by atoms with Gasteiger partial charge >= 0.3 is 0 Å². The Balaban J connectivity index is 1.17. The van der Waals surface area contributed by atoms with Crippen LogP contribution in [-0.2, 0) is 23.2 Å². The number of carbonyl (C=O) groups is 4. The largest absolute Gasteiger partial charge is 0.493 e. The van der Waals surface area contributed by atoms with Crippen molar-refractivity contribution in [2.24, 2.45) is 0 Å². The van der Waals surface area contributed by atoms with Gasteiger partial charge in [-0.1, -0.05) is 61.2 Å². The van der Waals surface area contributed by atoms with Gasteiger partial charge in [-0.3, -0.25) is 24.1 Å². The molecule has 0 aliphatic carbocycles. The molecule has 0 radical (unpaired) electrons. The molecule has 2 aromatic rings. The summed E-state index contributed by atoms with van der Waals surface area (Å²) in [5.74, 6) is 0.551. The molecular weight excluding hydrogens is 893 g/mol. The number of methoxy groups -OCH3 is 2. The first kappa shape index (κ1) is 51.4. The van der Waals surface area contributed by atoms with Gasteiger partial charge in [-0.05, 0) is 54.4 Å². The topological polar surface area (TPSA) is 146 Å². The van der Waals surface area contributed by atoms with Gasteiger partial charge in [0.05, 0.1) is 62.1 Å². The number of likely N-dealkylation sites (N-methyl/N-ethyl adjacent to an activating group) is 1. The Labute approximate surface area is 395 Å². The number of fused-ring (bicyclic) bond motifs is 4. The number of amides is 4. The van der Waals surface area contributed by atoms with E-state index in [0.29, 0.717) is 84.5 Å². The van der Waals surface area contributed by atoms with Crippen LogP contribution in [0.15, 0.2) is 24.3 Å². The van der Waals surface area contributed by atoms with Gasteiger partial charge in [0.25, 0.3) is 17.7 Å². The summed E-state index contributed by atoms with van der Waals surface area (Å²) in [7, 11) is -1.02. The summed E-state index contributed by atoms with van der Waals surface area (Å²) >= 11 is 0. The second-order valence-electron chi connectivity index (χ2n) is 22.5. The predicted molar refractivity (Wildman–Crippen MR) is 264 cm³/mol. The van der Waals surface area contributed by atoms with Gasteiger partial charge in [0.2, 0.25) is 5.91 Å². The van der Waals surface area contributed by atoms with Crippen LogP contribution in [0.5, 0.6) is 23.0 Å². The fourth-order valence-corrected chi connectivity index (χ4v) is 11.9. The van der Waals surface area contributed by atoms with Gasteiger partial charge in [-0.25, -0.2) is 0 Å². The number of nitrogens with zero attached hydrogens (tertiary/aromatic N) is 4. The van der Waals surface area contributed by atoms with Crippen molar-refractivity contribution in [3.05, 3.63) is 35.4 Å². The van der Waals surface area contributed by atoms with Crippen LogP contribution in [0.1, 0.15) is 81.5 Å². The first-order valence-electron chi connectivity index (χ1n) is 23.4. The number of rotatable bonds is 17. The fraction of sp³-hybridized carbons (Fsp3) is 0.667. The van der Waals surface area contributed by atoms with Crippen molar-refractivity contribution < 1.29 is 51.7 Å². The molecule has 4 atom stereocenters. The van der Waals surface area contributed by atoms with Crippen molar-refractivity contribution in [2.45, 2.75) is 147 Å². The molecule has 0 saturated carbocycles. The third kappa shape index (κ3) is 10.7. The highest BCUT2D eigenvalue weighted by Gasteiger charge is 2.51. The zero-order chi connectivity index (χ0) is 48.9. The van der Waals surface area contributed by atoms with Crippen LogP contribution in [0, 0.1) is 0 Å². The molecule has 0 bridgehead atoms. The van der Waals surface area contributed by atoms with Gasteiger partial charge in [0, 0.05) is 66.2 Å². The van der Waals surface area contributed by atoms with Crippen LogP contribution in [0.25, 0.3) is 0 Å². The minimum absolute atomic E-state index is 0.00844. The highest BCUT2D eigenvalue weighted by Crippen LogP contribution is 2.45. The second-order valence-corrected chi connectivity index (χ2v) is 37.7. The lowest BCUT2D eigenvalue weighted by Gasteiger charge is -2.38. The minimum Gasteiger partial charge on any atom is -0.493 e. The molecule has 15 nitrogen and oxygen atoms in total. The summed E-state index contributed by atoms with van der Waals surface area (Å²) in [4.78, 5) is 63.5. The number of benzene rings is 2. The molecule has 0 N–H and O–H groups in total. The first-order chi connectivity index (χ1) is 30.6. The van der Waals surface area contributed by atoms with E-state index in [0.717, 1.165) is 6.04 Å².